The second kappa shape index (κ2) is 5.94. The minimum Gasteiger partial charge on any atom is -0.473 e. The monoisotopic (exact) mass is 329 g/mol. The predicted molar refractivity (Wildman–Crippen MR) is 93.1 cm³/mol. The summed E-state index contributed by atoms with van der Waals surface area (Å²) in [5.74, 6) is 2.92. The van der Waals surface area contributed by atoms with E-state index in [2.05, 4.69) is 15.6 Å². The number of urea groups is 1. The van der Waals surface area contributed by atoms with Crippen LogP contribution in [0.25, 0.3) is 0 Å². The molecule has 5 rings (SSSR count). The van der Waals surface area contributed by atoms with E-state index in [0.29, 0.717) is 11.6 Å². The summed E-state index contributed by atoms with van der Waals surface area (Å²) in [6.45, 7) is 3.90. The summed E-state index contributed by atoms with van der Waals surface area (Å²) in [6, 6.07) is 3.52. The minimum atomic E-state index is -0.126. The molecule has 2 N–H and O–H groups in total. The summed E-state index contributed by atoms with van der Waals surface area (Å²) in [7, 11) is 0. The Kier molecular flexibility index (Phi) is 3.89. The summed E-state index contributed by atoms with van der Waals surface area (Å²) in [6.07, 6.45) is 9.26. The molecule has 0 saturated heterocycles. The first kappa shape index (κ1) is 15.7. The molecule has 4 aliphatic carbocycles. The van der Waals surface area contributed by atoms with Gasteiger partial charge >= 0.3 is 6.03 Å². The van der Waals surface area contributed by atoms with E-state index in [9.17, 15) is 4.79 Å². The molecule has 0 aliphatic heterocycles. The van der Waals surface area contributed by atoms with Crippen LogP contribution < -0.4 is 15.4 Å². The molecular weight excluding hydrogens is 302 g/mol. The van der Waals surface area contributed by atoms with E-state index in [0.717, 1.165) is 37.0 Å². The van der Waals surface area contributed by atoms with Crippen molar-refractivity contribution in [3.05, 3.63) is 18.3 Å². The number of hydrogen-bond donors (Lipinski definition) is 2. The van der Waals surface area contributed by atoms with Crippen LogP contribution in [0, 0.1) is 17.8 Å². The van der Waals surface area contributed by atoms with Crippen molar-refractivity contribution in [3.8, 4) is 5.88 Å². The number of carbonyl (C=O) groups excluding carboxylic acids is 1. The van der Waals surface area contributed by atoms with Crippen LogP contribution in [-0.2, 0) is 0 Å². The summed E-state index contributed by atoms with van der Waals surface area (Å²) < 4.78 is 5.69. The Balaban J connectivity index is 1.44. The fourth-order valence-corrected chi connectivity index (χ4v) is 5.46. The number of rotatable bonds is 4. The Bertz CT molecular complexity index is 594. The number of pyridine rings is 1. The van der Waals surface area contributed by atoms with Gasteiger partial charge in [0.2, 0.25) is 5.88 Å². The van der Waals surface area contributed by atoms with Crippen LogP contribution in [0.15, 0.2) is 18.3 Å². The molecule has 1 aromatic rings. The molecule has 4 fully saturated rings. The molecule has 5 heteroatoms. The van der Waals surface area contributed by atoms with E-state index < -0.39 is 0 Å². The third-order valence-corrected chi connectivity index (χ3v) is 5.78. The number of nitrogens with one attached hydrogen (secondary N) is 2. The zero-order valence-corrected chi connectivity index (χ0v) is 14.5. The highest BCUT2D eigenvalue weighted by Crippen LogP contribution is 2.55. The molecule has 0 radical (unpaired) electrons. The molecule has 2 amide bonds. The first-order valence-corrected chi connectivity index (χ1v) is 9.22. The van der Waals surface area contributed by atoms with E-state index in [1.165, 1.54) is 19.3 Å². The molecule has 4 saturated carbocycles. The second-order valence-corrected chi connectivity index (χ2v) is 8.30. The van der Waals surface area contributed by atoms with E-state index in [-0.39, 0.29) is 17.7 Å². The molecule has 0 spiro atoms. The van der Waals surface area contributed by atoms with E-state index >= 15 is 0 Å². The normalized spacial score (nSPS) is 33.5. The van der Waals surface area contributed by atoms with Gasteiger partial charge in [-0.1, -0.05) is 0 Å². The fraction of sp³-hybridized carbons (Fsp3) is 0.684. The zero-order valence-electron chi connectivity index (χ0n) is 14.5. The van der Waals surface area contributed by atoms with Crippen molar-refractivity contribution in [1.29, 1.82) is 0 Å². The second-order valence-electron chi connectivity index (χ2n) is 8.30. The third-order valence-electron chi connectivity index (χ3n) is 5.78. The summed E-state index contributed by atoms with van der Waals surface area (Å²) in [5.41, 5.74) is 0.647. The maximum absolute atomic E-state index is 12.6. The van der Waals surface area contributed by atoms with Gasteiger partial charge in [-0.05, 0) is 82.3 Å². The number of anilines is 1. The van der Waals surface area contributed by atoms with Crippen molar-refractivity contribution in [2.24, 2.45) is 17.8 Å². The molecule has 1 aromatic heterocycles. The maximum Gasteiger partial charge on any atom is 0.319 e. The van der Waals surface area contributed by atoms with Crippen LogP contribution in [0.3, 0.4) is 0 Å². The van der Waals surface area contributed by atoms with Crippen molar-refractivity contribution in [3.63, 3.8) is 0 Å². The average Bonchev–Trinajstić information content (AvgIpc) is 2.46. The largest absolute Gasteiger partial charge is 0.473 e. The standard InChI is InChI=1S/C19H27N3O2/c1-12(2)24-17-16(4-3-5-20-17)21-18(23)22-19-9-13-6-14(10-19)8-15(7-13)11-19/h3-5,12-15H,6-11H2,1-2H3,(H2,21,22,23). The molecule has 0 unspecified atom stereocenters. The zero-order chi connectivity index (χ0) is 16.7. The van der Waals surface area contributed by atoms with Gasteiger partial charge in [0.1, 0.15) is 5.69 Å². The summed E-state index contributed by atoms with van der Waals surface area (Å²) >= 11 is 0. The Morgan fingerprint density at radius 1 is 1.21 bits per heavy atom. The first-order chi connectivity index (χ1) is 11.5. The lowest BCUT2D eigenvalue weighted by molar-refractivity contribution is -0.0127. The number of amides is 2. The van der Waals surface area contributed by atoms with Gasteiger partial charge in [-0.25, -0.2) is 9.78 Å². The number of ether oxygens (including phenoxy) is 1. The molecule has 0 aromatic carbocycles. The fourth-order valence-electron chi connectivity index (χ4n) is 5.46. The van der Waals surface area contributed by atoms with Crippen molar-refractivity contribution in [2.45, 2.75) is 64.0 Å². The van der Waals surface area contributed by atoms with Gasteiger partial charge in [0.25, 0.3) is 0 Å². The van der Waals surface area contributed by atoms with Crippen LogP contribution in [0.2, 0.25) is 0 Å². The third kappa shape index (κ3) is 3.08. The smallest absolute Gasteiger partial charge is 0.319 e. The molecule has 5 nitrogen and oxygen atoms in total. The van der Waals surface area contributed by atoms with Gasteiger partial charge < -0.3 is 15.4 Å². The van der Waals surface area contributed by atoms with Gasteiger partial charge in [-0.2, -0.15) is 0 Å². The van der Waals surface area contributed by atoms with E-state index in [4.69, 9.17) is 4.74 Å². The van der Waals surface area contributed by atoms with Crippen LogP contribution in [0.1, 0.15) is 52.4 Å². The van der Waals surface area contributed by atoms with E-state index in [1.54, 1.807) is 6.20 Å². The average molecular weight is 329 g/mol. The van der Waals surface area contributed by atoms with Crippen molar-refractivity contribution in [1.82, 2.24) is 10.3 Å². The van der Waals surface area contributed by atoms with Gasteiger partial charge in [-0.3, -0.25) is 0 Å². The minimum absolute atomic E-state index is 0.0140. The van der Waals surface area contributed by atoms with Crippen LogP contribution in [-0.4, -0.2) is 22.7 Å². The highest BCUT2D eigenvalue weighted by atomic mass is 16.5. The molecule has 4 aliphatic rings. The van der Waals surface area contributed by atoms with Crippen LogP contribution in [0.4, 0.5) is 10.5 Å². The van der Waals surface area contributed by atoms with Crippen molar-refractivity contribution in [2.75, 3.05) is 5.32 Å². The van der Waals surface area contributed by atoms with Crippen molar-refractivity contribution < 1.29 is 9.53 Å². The maximum atomic E-state index is 12.6. The molecular formula is C19H27N3O2. The summed E-state index contributed by atoms with van der Waals surface area (Å²) in [5, 5.41) is 6.27. The number of nitrogens with zero attached hydrogens (tertiary/aromatic N) is 1. The van der Waals surface area contributed by atoms with Crippen LogP contribution in [0.5, 0.6) is 5.88 Å². The number of aromatic nitrogens is 1. The Morgan fingerprint density at radius 2 is 1.83 bits per heavy atom. The molecule has 130 valence electrons. The molecule has 4 bridgehead atoms. The lowest BCUT2D eigenvalue weighted by Crippen LogP contribution is -2.60. The van der Waals surface area contributed by atoms with Gasteiger partial charge in [-0.15, -0.1) is 0 Å². The summed E-state index contributed by atoms with van der Waals surface area (Å²) in [4.78, 5) is 16.9. The lowest BCUT2D eigenvalue weighted by Gasteiger charge is -2.56. The van der Waals surface area contributed by atoms with Crippen molar-refractivity contribution >= 4 is 11.7 Å². The first-order valence-electron chi connectivity index (χ1n) is 9.22. The van der Waals surface area contributed by atoms with Gasteiger partial charge in [0.15, 0.2) is 0 Å². The van der Waals surface area contributed by atoms with E-state index in [1.807, 2.05) is 26.0 Å². The highest BCUT2D eigenvalue weighted by molar-refractivity contribution is 5.91. The van der Waals surface area contributed by atoms with Crippen LogP contribution >= 0.6 is 0 Å². The van der Waals surface area contributed by atoms with Gasteiger partial charge in [0.05, 0.1) is 6.10 Å². The predicted octanol–water partition coefficient (Wildman–Crippen LogP) is 3.96. The highest BCUT2D eigenvalue weighted by Gasteiger charge is 2.51. The molecule has 1 heterocycles. The topological polar surface area (TPSA) is 63.2 Å². The molecule has 0 atom stereocenters. The quantitative estimate of drug-likeness (QED) is 0.879. The number of carbonyl (C=O) groups is 1. The Labute approximate surface area is 143 Å². The Morgan fingerprint density at radius 3 is 2.42 bits per heavy atom. The Hall–Kier alpha value is -1.78. The lowest BCUT2D eigenvalue weighted by atomic mass is 9.53. The molecule has 24 heavy (non-hydrogen) atoms. The number of hydrogen-bond acceptors (Lipinski definition) is 3. The SMILES string of the molecule is CC(C)Oc1ncccc1NC(=O)NC12CC3CC(CC(C3)C1)C2. The van der Waals surface area contributed by atoms with Gasteiger partial charge in [0, 0.05) is 11.7 Å².